The van der Waals surface area contributed by atoms with E-state index in [1.165, 1.54) is 11.3 Å². The molecule has 9 heteroatoms. The highest BCUT2D eigenvalue weighted by Crippen LogP contribution is 2.14. The number of carbonyl (C=O) groups excluding carboxylic acids is 1. The zero-order valence-electron chi connectivity index (χ0n) is 15.7. The van der Waals surface area contributed by atoms with Crippen LogP contribution in [-0.4, -0.2) is 74.7 Å². The van der Waals surface area contributed by atoms with Crippen molar-refractivity contribution >= 4 is 22.4 Å². The summed E-state index contributed by atoms with van der Waals surface area (Å²) >= 11 is 1.40. The molecule has 3 heterocycles. The summed E-state index contributed by atoms with van der Waals surface area (Å²) in [5.74, 6) is 1.57. The fourth-order valence-electron chi connectivity index (χ4n) is 3.14. The second-order valence-corrected chi connectivity index (χ2v) is 8.11. The Balaban J connectivity index is 1.38. The molecule has 3 rings (SSSR count). The number of piperazine rings is 1. The smallest absolute Gasteiger partial charge is 0.240 e. The van der Waals surface area contributed by atoms with Gasteiger partial charge in [0.15, 0.2) is 0 Å². The molecular weight excluding hydrogens is 350 g/mol. The summed E-state index contributed by atoms with van der Waals surface area (Å²) in [6.45, 7) is 12.4. The Morgan fingerprint density at radius 2 is 1.92 bits per heavy atom. The summed E-state index contributed by atoms with van der Waals surface area (Å²) in [6, 6.07) is 0. The lowest BCUT2D eigenvalue weighted by Crippen LogP contribution is -2.49. The number of imidazole rings is 1. The molecule has 0 unspecified atom stereocenters. The molecule has 2 aromatic rings. The maximum atomic E-state index is 12.1. The lowest BCUT2D eigenvalue weighted by Gasteiger charge is -2.34. The Kier molecular flexibility index (Phi) is 6.33. The zero-order chi connectivity index (χ0) is 18.5. The molecule has 1 N–H and O–H groups in total. The molecule has 0 bridgehead atoms. The minimum absolute atomic E-state index is 0.0189. The van der Waals surface area contributed by atoms with Crippen molar-refractivity contribution in [2.45, 2.75) is 33.2 Å². The SMILES string of the molecule is Cc1nnc(NC(=O)CN2CCN(CCn3ccnc3C(C)C)CC2)s1. The largest absolute Gasteiger partial charge is 0.333 e. The molecule has 0 aromatic carbocycles. The van der Waals surface area contributed by atoms with Crippen molar-refractivity contribution in [1.29, 1.82) is 0 Å². The number of aryl methyl sites for hydroxylation is 1. The third kappa shape index (κ3) is 5.09. The molecule has 1 fully saturated rings. The van der Waals surface area contributed by atoms with E-state index >= 15 is 0 Å². The second kappa shape index (κ2) is 8.70. The average Bonchev–Trinajstić information content (AvgIpc) is 3.23. The first-order valence-corrected chi connectivity index (χ1v) is 9.88. The Morgan fingerprint density at radius 3 is 2.58 bits per heavy atom. The Labute approximate surface area is 158 Å². The summed E-state index contributed by atoms with van der Waals surface area (Å²) in [6.07, 6.45) is 3.94. The Bertz CT molecular complexity index is 718. The van der Waals surface area contributed by atoms with Crippen LogP contribution in [0.1, 0.15) is 30.6 Å². The van der Waals surface area contributed by atoms with Gasteiger partial charge in [0.2, 0.25) is 11.0 Å². The minimum atomic E-state index is -0.0189. The summed E-state index contributed by atoms with van der Waals surface area (Å²) in [5, 5.41) is 12.1. The van der Waals surface area contributed by atoms with Crippen molar-refractivity contribution in [1.82, 2.24) is 29.5 Å². The van der Waals surface area contributed by atoms with E-state index in [-0.39, 0.29) is 5.91 Å². The molecule has 0 radical (unpaired) electrons. The summed E-state index contributed by atoms with van der Waals surface area (Å²) in [4.78, 5) is 21.2. The quantitative estimate of drug-likeness (QED) is 0.786. The number of carbonyl (C=O) groups is 1. The molecule has 1 aliphatic rings. The molecule has 0 saturated carbocycles. The van der Waals surface area contributed by atoms with Gasteiger partial charge in [0.05, 0.1) is 6.54 Å². The number of hydrogen-bond acceptors (Lipinski definition) is 7. The topological polar surface area (TPSA) is 79.2 Å². The molecule has 2 aromatic heterocycles. The second-order valence-electron chi connectivity index (χ2n) is 6.93. The van der Waals surface area contributed by atoms with Gasteiger partial charge in [-0.15, -0.1) is 10.2 Å². The molecule has 0 atom stereocenters. The fraction of sp³-hybridized carbons (Fsp3) is 0.647. The van der Waals surface area contributed by atoms with Crippen LogP contribution in [0.3, 0.4) is 0 Å². The number of anilines is 1. The summed E-state index contributed by atoms with van der Waals surface area (Å²) in [5.41, 5.74) is 0. The van der Waals surface area contributed by atoms with Crippen LogP contribution in [-0.2, 0) is 11.3 Å². The predicted octanol–water partition coefficient (Wildman–Crippen LogP) is 1.42. The molecule has 8 nitrogen and oxygen atoms in total. The van der Waals surface area contributed by atoms with E-state index in [9.17, 15) is 4.79 Å². The lowest BCUT2D eigenvalue weighted by molar-refractivity contribution is -0.117. The number of rotatable bonds is 7. The molecular formula is C17H27N7OS. The number of amides is 1. The number of hydrogen-bond donors (Lipinski definition) is 1. The standard InChI is InChI=1S/C17H27N7OS/c1-13(2)16-18-4-5-24(16)11-10-22-6-8-23(9-7-22)12-15(25)19-17-21-20-14(3)26-17/h4-5,13H,6-12H2,1-3H3,(H,19,21,25). The minimum Gasteiger partial charge on any atom is -0.333 e. The monoisotopic (exact) mass is 377 g/mol. The van der Waals surface area contributed by atoms with Crippen molar-refractivity contribution in [3.63, 3.8) is 0 Å². The van der Waals surface area contributed by atoms with Gasteiger partial charge in [-0.25, -0.2) is 4.98 Å². The highest BCUT2D eigenvalue weighted by molar-refractivity contribution is 7.15. The molecule has 1 saturated heterocycles. The normalized spacial score (nSPS) is 16.3. The Morgan fingerprint density at radius 1 is 1.19 bits per heavy atom. The first-order valence-electron chi connectivity index (χ1n) is 9.07. The fourth-order valence-corrected chi connectivity index (χ4v) is 3.75. The molecule has 0 aliphatic carbocycles. The third-order valence-electron chi connectivity index (χ3n) is 4.53. The molecule has 0 spiro atoms. The van der Waals surface area contributed by atoms with Crippen molar-refractivity contribution in [3.8, 4) is 0 Å². The molecule has 142 valence electrons. The average molecular weight is 378 g/mol. The van der Waals surface area contributed by atoms with E-state index < -0.39 is 0 Å². The van der Waals surface area contributed by atoms with E-state index in [0.29, 0.717) is 17.6 Å². The van der Waals surface area contributed by atoms with Crippen LogP contribution in [0.5, 0.6) is 0 Å². The van der Waals surface area contributed by atoms with Crippen molar-refractivity contribution < 1.29 is 4.79 Å². The zero-order valence-corrected chi connectivity index (χ0v) is 16.5. The highest BCUT2D eigenvalue weighted by Gasteiger charge is 2.19. The first-order chi connectivity index (χ1) is 12.5. The maximum absolute atomic E-state index is 12.1. The van der Waals surface area contributed by atoms with E-state index in [1.807, 2.05) is 13.1 Å². The van der Waals surface area contributed by atoms with E-state index in [4.69, 9.17) is 0 Å². The van der Waals surface area contributed by atoms with Gasteiger partial charge in [0.25, 0.3) is 0 Å². The van der Waals surface area contributed by atoms with Crippen LogP contribution in [0.25, 0.3) is 0 Å². The predicted molar refractivity (Wildman–Crippen MR) is 102 cm³/mol. The number of aromatic nitrogens is 4. The summed E-state index contributed by atoms with van der Waals surface area (Å²) < 4.78 is 2.24. The van der Waals surface area contributed by atoms with Crippen LogP contribution in [0.15, 0.2) is 12.4 Å². The van der Waals surface area contributed by atoms with Crippen LogP contribution in [0.4, 0.5) is 5.13 Å². The molecule has 1 amide bonds. The highest BCUT2D eigenvalue weighted by atomic mass is 32.1. The third-order valence-corrected chi connectivity index (χ3v) is 5.28. The molecule has 1 aliphatic heterocycles. The number of nitrogens with zero attached hydrogens (tertiary/aromatic N) is 6. The van der Waals surface area contributed by atoms with Crippen molar-refractivity contribution in [2.75, 3.05) is 44.6 Å². The first kappa shape index (κ1) is 18.9. The van der Waals surface area contributed by atoms with Gasteiger partial charge in [-0.05, 0) is 6.92 Å². The van der Waals surface area contributed by atoms with E-state index in [2.05, 4.69) is 54.9 Å². The van der Waals surface area contributed by atoms with Crippen LogP contribution in [0, 0.1) is 6.92 Å². The van der Waals surface area contributed by atoms with E-state index in [0.717, 1.165) is 50.1 Å². The van der Waals surface area contributed by atoms with Crippen LogP contribution < -0.4 is 5.32 Å². The van der Waals surface area contributed by atoms with Crippen molar-refractivity contribution in [2.24, 2.45) is 0 Å². The van der Waals surface area contributed by atoms with Gasteiger partial charge in [-0.2, -0.15) is 0 Å². The van der Waals surface area contributed by atoms with E-state index in [1.54, 1.807) is 0 Å². The molecule has 26 heavy (non-hydrogen) atoms. The van der Waals surface area contributed by atoms with Gasteiger partial charge in [0, 0.05) is 57.6 Å². The van der Waals surface area contributed by atoms with Gasteiger partial charge in [-0.3, -0.25) is 19.9 Å². The van der Waals surface area contributed by atoms with Crippen molar-refractivity contribution in [3.05, 3.63) is 23.2 Å². The van der Waals surface area contributed by atoms with Crippen LogP contribution in [0.2, 0.25) is 0 Å². The summed E-state index contributed by atoms with van der Waals surface area (Å²) in [7, 11) is 0. The van der Waals surface area contributed by atoms with Gasteiger partial charge in [-0.1, -0.05) is 25.2 Å². The van der Waals surface area contributed by atoms with Crippen LogP contribution >= 0.6 is 11.3 Å². The number of nitrogens with one attached hydrogen (secondary N) is 1. The maximum Gasteiger partial charge on any atom is 0.240 e. The van der Waals surface area contributed by atoms with Gasteiger partial charge >= 0.3 is 0 Å². The van der Waals surface area contributed by atoms with Gasteiger partial charge < -0.3 is 4.57 Å². The lowest BCUT2D eigenvalue weighted by atomic mass is 10.2. The van der Waals surface area contributed by atoms with Gasteiger partial charge in [0.1, 0.15) is 10.8 Å². The Hall–Kier alpha value is -1.84.